The highest BCUT2D eigenvalue weighted by atomic mass is 35.5. The Morgan fingerprint density at radius 1 is 1.34 bits per heavy atom. The Kier molecular flexibility index (Phi) is 6.34. The maximum absolute atomic E-state index is 14.6. The van der Waals surface area contributed by atoms with Crippen LogP contribution in [-0.4, -0.2) is 42.1 Å². The van der Waals surface area contributed by atoms with Crippen LogP contribution in [0.4, 0.5) is 21.6 Å². The average molecular weight is 476 g/mol. The predicted molar refractivity (Wildman–Crippen MR) is 125 cm³/mol. The first-order valence-electron chi connectivity index (χ1n) is 9.82. The lowest BCUT2D eigenvalue weighted by atomic mass is 10.1. The van der Waals surface area contributed by atoms with Crippen LogP contribution in [0, 0.1) is 5.82 Å². The quantitative estimate of drug-likeness (QED) is 0.397. The molecular weight excluding hydrogens is 456 g/mol. The average Bonchev–Trinajstić information content (AvgIpc) is 3.26. The van der Waals surface area contributed by atoms with Gasteiger partial charge in [-0.2, -0.15) is 0 Å². The molecular formula is C22H20Cl2FN5O2. The summed E-state index contributed by atoms with van der Waals surface area (Å²) in [5.74, 6) is 0.177. The second kappa shape index (κ2) is 9.18. The number of benzene rings is 2. The van der Waals surface area contributed by atoms with Gasteiger partial charge >= 0.3 is 0 Å². The van der Waals surface area contributed by atoms with Crippen LogP contribution in [0.15, 0.2) is 43.2 Å². The number of halogens is 3. The van der Waals surface area contributed by atoms with E-state index >= 15 is 0 Å². The number of aromatic nitrogens is 2. The van der Waals surface area contributed by atoms with Gasteiger partial charge < -0.3 is 20.3 Å². The molecule has 0 aliphatic carbocycles. The molecule has 7 nitrogen and oxygen atoms in total. The largest absolute Gasteiger partial charge is 0.495 e. The van der Waals surface area contributed by atoms with Gasteiger partial charge in [-0.15, -0.1) is 0 Å². The summed E-state index contributed by atoms with van der Waals surface area (Å²) in [6.45, 7) is 4.83. The molecule has 2 aromatic carbocycles. The van der Waals surface area contributed by atoms with Crippen LogP contribution in [0.2, 0.25) is 10.0 Å². The summed E-state index contributed by atoms with van der Waals surface area (Å²) in [6, 6.07) is 6.70. The number of carbonyl (C=O) groups is 1. The lowest BCUT2D eigenvalue weighted by Crippen LogP contribution is -2.36. The molecule has 2 heterocycles. The second-order valence-corrected chi connectivity index (χ2v) is 8.04. The standard InChI is InChI=1S/C22H20Cl2FN5O2/c1-3-19(31)28-12-6-7-30(10-12)17-8-13-16(9-18(17)32-2)26-11-27-22(13)29-15-5-4-14(23)20(24)21(15)25/h3-5,8-9,11-12H,1,6-7,10H2,2H3,(H,28,31)(H,26,27,29). The molecule has 0 radical (unpaired) electrons. The molecule has 1 aliphatic heterocycles. The van der Waals surface area contributed by atoms with Crippen LogP contribution in [0.3, 0.4) is 0 Å². The van der Waals surface area contributed by atoms with E-state index < -0.39 is 5.82 Å². The number of ether oxygens (including phenoxy) is 1. The first kappa shape index (κ1) is 22.1. The third-order valence-corrected chi connectivity index (χ3v) is 6.07. The number of amides is 1. The van der Waals surface area contributed by atoms with E-state index in [2.05, 4.69) is 32.1 Å². The van der Waals surface area contributed by atoms with Crippen LogP contribution >= 0.6 is 23.2 Å². The number of nitrogens with one attached hydrogen (secondary N) is 2. The highest BCUT2D eigenvalue weighted by Crippen LogP contribution is 2.38. The van der Waals surface area contributed by atoms with Crippen LogP contribution < -0.4 is 20.3 Å². The van der Waals surface area contributed by atoms with Gasteiger partial charge in [0.25, 0.3) is 0 Å². The molecule has 32 heavy (non-hydrogen) atoms. The number of rotatable bonds is 6. The lowest BCUT2D eigenvalue weighted by Gasteiger charge is -2.22. The number of anilines is 3. The number of nitrogens with zero attached hydrogens (tertiary/aromatic N) is 3. The van der Waals surface area contributed by atoms with Crippen molar-refractivity contribution >= 4 is 57.2 Å². The Balaban J connectivity index is 1.70. The fraction of sp³-hybridized carbons (Fsp3) is 0.227. The smallest absolute Gasteiger partial charge is 0.243 e. The molecule has 1 fully saturated rings. The molecule has 0 spiro atoms. The molecule has 1 aliphatic rings. The Morgan fingerprint density at radius 3 is 2.91 bits per heavy atom. The highest BCUT2D eigenvalue weighted by Gasteiger charge is 2.26. The van der Waals surface area contributed by atoms with E-state index in [0.29, 0.717) is 29.0 Å². The topological polar surface area (TPSA) is 79.4 Å². The molecule has 1 aromatic heterocycles. The van der Waals surface area contributed by atoms with Crippen molar-refractivity contribution in [2.24, 2.45) is 0 Å². The Hall–Kier alpha value is -3.10. The third kappa shape index (κ3) is 4.28. The number of methoxy groups -OCH3 is 1. The monoisotopic (exact) mass is 475 g/mol. The molecule has 1 amide bonds. The fourth-order valence-electron chi connectivity index (χ4n) is 3.69. The van der Waals surface area contributed by atoms with Gasteiger partial charge in [0.05, 0.1) is 34.0 Å². The zero-order valence-corrected chi connectivity index (χ0v) is 18.7. The summed E-state index contributed by atoms with van der Waals surface area (Å²) in [6.07, 6.45) is 3.43. The normalized spacial score (nSPS) is 15.6. The zero-order chi connectivity index (χ0) is 22.8. The van der Waals surface area contributed by atoms with Crippen molar-refractivity contribution in [1.82, 2.24) is 15.3 Å². The van der Waals surface area contributed by atoms with Crippen molar-refractivity contribution in [2.45, 2.75) is 12.5 Å². The van der Waals surface area contributed by atoms with Crippen LogP contribution in [0.1, 0.15) is 6.42 Å². The number of carbonyl (C=O) groups excluding carboxylic acids is 1. The summed E-state index contributed by atoms with van der Waals surface area (Å²) in [5.41, 5.74) is 1.59. The van der Waals surface area contributed by atoms with Crippen molar-refractivity contribution in [3.05, 3.63) is 59.1 Å². The number of hydrogen-bond donors (Lipinski definition) is 2. The maximum atomic E-state index is 14.6. The molecule has 1 unspecified atom stereocenters. The van der Waals surface area contributed by atoms with E-state index in [9.17, 15) is 9.18 Å². The molecule has 0 bridgehead atoms. The molecule has 166 valence electrons. The van der Waals surface area contributed by atoms with E-state index in [0.717, 1.165) is 18.7 Å². The van der Waals surface area contributed by atoms with Crippen LogP contribution in [0.5, 0.6) is 5.75 Å². The molecule has 1 atom stereocenters. The minimum absolute atomic E-state index is 0.00386. The molecule has 10 heteroatoms. The highest BCUT2D eigenvalue weighted by molar-refractivity contribution is 6.42. The lowest BCUT2D eigenvalue weighted by molar-refractivity contribution is -0.117. The molecule has 4 rings (SSSR count). The second-order valence-electron chi connectivity index (χ2n) is 7.26. The van der Waals surface area contributed by atoms with E-state index in [4.69, 9.17) is 27.9 Å². The van der Waals surface area contributed by atoms with Gasteiger partial charge in [-0.3, -0.25) is 4.79 Å². The van der Waals surface area contributed by atoms with Gasteiger partial charge in [-0.25, -0.2) is 14.4 Å². The molecule has 2 N–H and O–H groups in total. The minimum atomic E-state index is -0.667. The first-order chi connectivity index (χ1) is 15.4. The Morgan fingerprint density at radius 2 is 2.16 bits per heavy atom. The molecule has 0 saturated carbocycles. The minimum Gasteiger partial charge on any atom is -0.495 e. The first-order valence-corrected chi connectivity index (χ1v) is 10.6. The van der Waals surface area contributed by atoms with Crippen LogP contribution in [-0.2, 0) is 4.79 Å². The third-order valence-electron chi connectivity index (χ3n) is 5.28. The zero-order valence-electron chi connectivity index (χ0n) is 17.2. The molecule has 3 aromatic rings. The van der Waals surface area contributed by atoms with Crippen molar-refractivity contribution in [3.8, 4) is 5.75 Å². The van der Waals surface area contributed by atoms with Gasteiger partial charge in [0.1, 0.15) is 17.9 Å². The Bertz CT molecular complexity index is 1210. The Labute approximate surface area is 194 Å². The van der Waals surface area contributed by atoms with Gasteiger partial charge in [0.2, 0.25) is 5.91 Å². The van der Waals surface area contributed by atoms with Crippen molar-refractivity contribution in [1.29, 1.82) is 0 Å². The van der Waals surface area contributed by atoms with Gasteiger partial charge in [-0.1, -0.05) is 29.8 Å². The summed E-state index contributed by atoms with van der Waals surface area (Å²) in [7, 11) is 1.59. The summed E-state index contributed by atoms with van der Waals surface area (Å²) in [4.78, 5) is 22.4. The number of fused-ring (bicyclic) bond motifs is 1. The van der Waals surface area contributed by atoms with E-state index in [1.54, 1.807) is 13.2 Å². The van der Waals surface area contributed by atoms with Crippen LogP contribution in [0.25, 0.3) is 10.9 Å². The fourth-order valence-corrected chi connectivity index (χ4v) is 4.00. The SMILES string of the molecule is C=CC(=O)NC1CCN(c2cc3c(Nc4ccc(Cl)c(Cl)c4F)ncnc3cc2OC)C1. The van der Waals surface area contributed by atoms with Gasteiger partial charge in [-0.05, 0) is 30.7 Å². The van der Waals surface area contributed by atoms with Gasteiger partial charge in [0, 0.05) is 30.6 Å². The summed E-state index contributed by atoms with van der Waals surface area (Å²) >= 11 is 11.8. The maximum Gasteiger partial charge on any atom is 0.243 e. The van der Waals surface area contributed by atoms with E-state index in [-0.39, 0.29) is 27.7 Å². The van der Waals surface area contributed by atoms with Gasteiger partial charge in [0.15, 0.2) is 5.82 Å². The predicted octanol–water partition coefficient (Wildman–Crippen LogP) is 4.71. The summed E-state index contributed by atoms with van der Waals surface area (Å²) in [5, 5.41) is 6.54. The van der Waals surface area contributed by atoms with Crippen molar-refractivity contribution < 1.29 is 13.9 Å². The van der Waals surface area contributed by atoms with E-state index in [1.165, 1.54) is 24.5 Å². The summed E-state index contributed by atoms with van der Waals surface area (Å²) < 4.78 is 20.2. The van der Waals surface area contributed by atoms with Crippen molar-refractivity contribution in [3.63, 3.8) is 0 Å². The number of hydrogen-bond acceptors (Lipinski definition) is 6. The van der Waals surface area contributed by atoms with Crippen molar-refractivity contribution in [2.75, 3.05) is 30.4 Å². The van der Waals surface area contributed by atoms with E-state index in [1.807, 2.05) is 6.07 Å². The molecule has 1 saturated heterocycles.